The molecule has 0 atom stereocenters. The Kier molecular flexibility index (Phi) is 6.57. The van der Waals surface area contributed by atoms with E-state index in [-0.39, 0.29) is 16.9 Å². The van der Waals surface area contributed by atoms with Gasteiger partial charge in [-0.1, -0.05) is 17.7 Å². The molecule has 0 saturated heterocycles. The number of hydrogen-bond donors (Lipinski definition) is 0. The number of tetrazole rings is 1. The average Bonchev–Trinajstić information content (AvgIpc) is 3.38. The number of aryl methyl sites for hydroxylation is 2. The Balaban J connectivity index is 1.22. The molecule has 0 unspecified atom stereocenters. The van der Waals surface area contributed by atoms with Gasteiger partial charge in [0.1, 0.15) is 5.75 Å². The molecule has 0 aliphatic heterocycles. The van der Waals surface area contributed by atoms with Gasteiger partial charge in [0.25, 0.3) is 10.1 Å². The molecule has 32 heavy (non-hydrogen) atoms. The Morgan fingerprint density at radius 2 is 1.69 bits per heavy atom. The molecule has 8 nitrogen and oxygen atoms in total. The van der Waals surface area contributed by atoms with Crippen LogP contribution >= 0.6 is 0 Å². The first kappa shape index (κ1) is 22.4. The van der Waals surface area contributed by atoms with Crippen LogP contribution in [0.25, 0.3) is 11.4 Å². The maximum atomic E-state index is 12.3. The second kappa shape index (κ2) is 9.38. The first-order valence-electron chi connectivity index (χ1n) is 10.9. The average molecular weight is 457 g/mol. The summed E-state index contributed by atoms with van der Waals surface area (Å²) in [5, 5.41) is 12.3. The summed E-state index contributed by atoms with van der Waals surface area (Å²) >= 11 is 0. The number of hydrogen-bond acceptors (Lipinski definition) is 7. The Hall–Kier alpha value is -2.78. The van der Waals surface area contributed by atoms with Crippen LogP contribution in [-0.2, 0) is 20.8 Å². The summed E-state index contributed by atoms with van der Waals surface area (Å²) in [5.74, 6) is 1.38. The Bertz CT molecular complexity index is 1140. The van der Waals surface area contributed by atoms with E-state index in [1.54, 1.807) is 29.1 Å². The summed E-state index contributed by atoms with van der Waals surface area (Å²) in [6, 6.07) is 14.3. The maximum Gasteiger partial charge on any atom is 0.296 e. The standard InChI is InChI=1S/C23H28N4O4S/c1-3-27-25-22(24-26-27)19-6-8-20(9-7-19)30-16-14-23(12-13-23)15-17-31-32(28,29)21-10-4-18(2)5-11-21/h4-11H,3,12-17H2,1-2H3. The van der Waals surface area contributed by atoms with Crippen LogP contribution in [0.3, 0.4) is 0 Å². The van der Waals surface area contributed by atoms with E-state index in [0.29, 0.717) is 25.4 Å². The Labute approximate surface area is 188 Å². The number of aromatic nitrogens is 4. The summed E-state index contributed by atoms with van der Waals surface area (Å²) in [7, 11) is -3.71. The molecule has 3 aromatic rings. The zero-order valence-corrected chi connectivity index (χ0v) is 19.2. The molecule has 1 aromatic heterocycles. The molecule has 1 aliphatic rings. The van der Waals surface area contributed by atoms with Crippen LogP contribution in [0.2, 0.25) is 0 Å². The highest BCUT2D eigenvalue weighted by molar-refractivity contribution is 7.86. The monoisotopic (exact) mass is 456 g/mol. The molecule has 0 amide bonds. The fraction of sp³-hybridized carbons (Fsp3) is 0.435. The van der Waals surface area contributed by atoms with E-state index in [4.69, 9.17) is 8.92 Å². The highest BCUT2D eigenvalue weighted by Crippen LogP contribution is 2.51. The molecule has 1 heterocycles. The molecule has 1 fully saturated rings. The zero-order valence-electron chi connectivity index (χ0n) is 18.4. The van der Waals surface area contributed by atoms with Crippen molar-refractivity contribution in [3.05, 3.63) is 54.1 Å². The number of nitrogens with zero attached hydrogens (tertiary/aromatic N) is 4. The Morgan fingerprint density at radius 3 is 2.31 bits per heavy atom. The molecule has 2 aromatic carbocycles. The van der Waals surface area contributed by atoms with Gasteiger partial charge in [-0.3, -0.25) is 4.18 Å². The van der Waals surface area contributed by atoms with Crippen molar-refractivity contribution in [1.82, 2.24) is 20.2 Å². The fourth-order valence-corrected chi connectivity index (χ4v) is 4.43. The third-order valence-electron chi connectivity index (χ3n) is 5.89. The zero-order chi connectivity index (χ0) is 22.6. The number of rotatable bonds is 11. The molecule has 0 radical (unpaired) electrons. The highest BCUT2D eigenvalue weighted by atomic mass is 32.2. The first-order valence-corrected chi connectivity index (χ1v) is 12.3. The van der Waals surface area contributed by atoms with Crippen LogP contribution < -0.4 is 4.74 Å². The summed E-state index contributed by atoms with van der Waals surface area (Å²) < 4.78 is 35.9. The van der Waals surface area contributed by atoms with E-state index in [9.17, 15) is 8.42 Å². The largest absolute Gasteiger partial charge is 0.494 e. The van der Waals surface area contributed by atoms with Gasteiger partial charge in [0, 0.05) is 5.56 Å². The van der Waals surface area contributed by atoms with E-state index in [2.05, 4.69) is 15.4 Å². The smallest absolute Gasteiger partial charge is 0.296 e. The van der Waals surface area contributed by atoms with Crippen molar-refractivity contribution in [1.29, 1.82) is 0 Å². The lowest BCUT2D eigenvalue weighted by Crippen LogP contribution is -2.14. The van der Waals surface area contributed by atoms with Crippen molar-refractivity contribution in [2.75, 3.05) is 13.2 Å². The topological polar surface area (TPSA) is 96.2 Å². The van der Waals surface area contributed by atoms with Gasteiger partial charge >= 0.3 is 0 Å². The van der Waals surface area contributed by atoms with Gasteiger partial charge in [-0.05, 0) is 86.6 Å². The lowest BCUT2D eigenvalue weighted by molar-refractivity contribution is 0.228. The normalized spacial score (nSPS) is 14.9. The van der Waals surface area contributed by atoms with Gasteiger partial charge in [-0.25, -0.2) is 0 Å². The predicted octanol–water partition coefficient (Wildman–Crippen LogP) is 4.01. The summed E-state index contributed by atoms with van der Waals surface area (Å²) in [5.41, 5.74) is 2.02. The molecular formula is C23H28N4O4S. The highest BCUT2D eigenvalue weighted by Gasteiger charge is 2.42. The van der Waals surface area contributed by atoms with E-state index in [0.717, 1.165) is 36.1 Å². The van der Waals surface area contributed by atoms with Crippen LogP contribution in [0.15, 0.2) is 53.4 Å². The molecule has 0 N–H and O–H groups in total. The van der Waals surface area contributed by atoms with Gasteiger partial charge in [-0.15, -0.1) is 10.2 Å². The minimum atomic E-state index is -3.71. The van der Waals surface area contributed by atoms with Crippen LogP contribution in [-0.4, -0.2) is 41.8 Å². The van der Waals surface area contributed by atoms with Crippen LogP contribution in [0.1, 0.15) is 38.2 Å². The van der Waals surface area contributed by atoms with E-state index >= 15 is 0 Å². The minimum Gasteiger partial charge on any atom is -0.494 e. The fourth-order valence-electron chi connectivity index (χ4n) is 3.52. The Morgan fingerprint density at radius 1 is 1.00 bits per heavy atom. The SMILES string of the molecule is CCn1nnc(-c2ccc(OCCC3(CCOS(=O)(=O)c4ccc(C)cc4)CC3)cc2)n1. The number of benzene rings is 2. The van der Waals surface area contributed by atoms with E-state index in [1.165, 1.54) is 0 Å². The maximum absolute atomic E-state index is 12.3. The lowest BCUT2D eigenvalue weighted by atomic mass is 9.99. The molecule has 1 saturated carbocycles. The second-order valence-corrected chi connectivity index (χ2v) is 9.88. The second-order valence-electron chi connectivity index (χ2n) is 8.26. The van der Waals surface area contributed by atoms with Crippen LogP contribution in [0.4, 0.5) is 0 Å². The third kappa shape index (κ3) is 5.52. The van der Waals surface area contributed by atoms with Crippen molar-refractivity contribution in [2.45, 2.75) is 51.0 Å². The molecule has 9 heteroatoms. The molecule has 0 bridgehead atoms. The van der Waals surface area contributed by atoms with Gasteiger partial charge in [0.05, 0.1) is 24.7 Å². The summed E-state index contributed by atoms with van der Waals surface area (Å²) in [4.78, 5) is 1.75. The number of ether oxygens (including phenoxy) is 1. The summed E-state index contributed by atoms with van der Waals surface area (Å²) in [6.45, 7) is 5.33. The van der Waals surface area contributed by atoms with Crippen molar-refractivity contribution in [3.8, 4) is 17.1 Å². The van der Waals surface area contributed by atoms with Crippen molar-refractivity contribution >= 4 is 10.1 Å². The minimum absolute atomic E-state index is 0.116. The predicted molar refractivity (Wildman–Crippen MR) is 120 cm³/mol. The lowest BCUT2D eigenvalue weighted by Gasteiger charge is -2.16. The van der Waals surface area contributed by atoms with Gasteiger partial charge < -0.3 is 4.74 Å². The third-order valence-corrected chi connectivity index (χ3v) is 7.21. The van der Waals surface area contributed by atoms with Gasteiger partial charge in [-0.2, -0.15) is 13.2 Å². The van der Waals surface area contributed by atoms with E-state index in [1.807, 2.05) is 38.1 Å². The van der Waals surface area contributed by atoms with Crippen LogP contribution in [0.5, 0.6) is 5.75 Å². The van der Waals surface area contributed by atoms with Crippen LogP contribution in [0, 0.1) is 12.3 Å². The van der Waals surface area contributed by atoms with Crippen molar-refractivity contribution in [3.63, 3.8) is 0 Å². The van der Waals surface area contributed by atoms with Gasteiger partial charge in [0.2, 0.25) is 5.82 Å². The first-order chi connectivity index (χ1) is 15.4. The summed E-state index contributed by atoms with van der Waals surface area (Å²) in [6.07, 6.45) is 3.72. The molecular weight excluding hydrogens is 428 g/mol. The van der Waals surface area contributed by atoms with Crippen molar-refractivity contribution in [2.24, 2.45) is 5.41 Å². The quantitative estimate of drug-likeness (QED) is 0.402. The van der Waals surface area contributed by atoms with E-state index < -0.39 is 10.1 Å². The van der Waals surface area contributed by atoms with Crippen molar-refractivity contribution < 1.29 is 17.3 Å². The molecule has 170 valence electrons. The molecule has 1 aliphatic carbocycles. The van der Waals surface area contributed by atoms with Gasteiger partial charge in [0.15, 0.2) is 0 Å². The molecule has 0 spiro atoms. The molecule has 4 rings (SSSR count).